The maximum Gasteiger partial charge on any atom is 0.256 e. The standard InChI is InChI=1S/C14H10BrFINO2/c1-20-13-7-9(3-4-11(13)16)18-14(19)10-6-8(15)2-5-12(10)17/h2-7H,1H3,(H,18,19). The lowest BCUT2D eigenvalue weighted by molar-refractivity contribution is 0.102. The number of carbonyl (C=O) groups is 1. The van der Waals surface area contributed by atoms with E-state index in [2.05, 4.69) is 43.8 Å². The molecular formula is C14H10BrFINO2. The smallest absolute Gasteiger partial charge is 0.256 e. The van der Waals surface area contributed by atoms with Crippen molar-refractivity contribution in [1.82, 2.24) is 0 Å². The number of hydrogen-bond donors (Lipinski definition) is 1. The van der Waals surface area contributed by atoms with Crippen LogP contribution < -0.4 is 10.1 Å². The Hall–Kier alpha value is -1.15. The molecule has 6 heteroatoms. The molecule has 0 saturated carbocycles. The second-order valence-corrected chi connectivity index (χ2v) is 6.01. The van der Waals surface area contributed by atoms with Crippen molar-refractivity contribution in [3.63, 3.8) is 0 Å². The van der Waals surface area contributed by atoms with Crippen molar-refractivity contribution < 1.29 is 13.9 Å². The molecule has 0 atom stereocenters. The Balaban J connectivity index is 2.25. The maximum absolute atomic E-state index is 13.3. The van der Waals surface area contributed by atoms with Crippen LogP contribution in [0.15, 0.2) is 40.9 Å². The molecule has 104 valence electrons. The van der Waals surface area contributed by atoms with E-state index < -0.39 is 5.82 Å². The molecule has 0 radical (unpaired) electrons. The van der Waals surface area contributed by atoms with Gasteiger partial charge in [0, 0.05) is 19.8 Å². The van der Waals surface area contributed by atoms with Gasteiger partial charge in [-0.25, -0.2) is 4.39 Å². The number of hydrogen-bond acceptors (Lipinski definition) is 2. The van der Waals surface area contributed by atoms with E-state index in [1.807, 2.05) is 12.1 Å². The van der Waals surface area contributed by atoms with E-state index >= 15 is 0 Å². The van der Waals surface area contributed by atoms with Gasteiger partial charge in [0.25, 0.3) is 5.91 Å². The van der Waals surface area contributed by atoms with Crippen LogP contribution in [-0.4, -0.2) is 13.0 Å². The zero-order valence-corrected chi connectivity index (χ0v) is 14.2. The van der Waals surface area contributed by atoms with Gasteiger partial charge in [-0.15, -0.1) is 0 Å². The highest BCUT2D eigenvalue weighted by Crippen LogP contribution is 2.23. The summed E-state index contributed by atoms with van der Waals surface area (Å²) in [5.74, 6) is -0.640. The molecule has 0 aliphatic carbocycles. The minimum absolute atomic E-state index is 0.0896. The largest absolute Gasteiger partial charge is 0.494 e. The SMILES string of the molecule is COc1cc(NC(=O)c2cc(Br)ccc2I)ccc1F. The highest BCUT2D eigenvalue weighted by Gasteiger charge is 2.12. The molecule has 0 aliphatic rings. The van der Waals surface area contributed by atoms with Crippen LogP contribution in [0.3, 0.4) is 0 Å². The summed E-state index contributed by atoms with van der Waals surface area (Å²) in [4.78, 5) is 12.2. The summed E-state index contributed by atoms with van der Waals surface area (Å²) in [6.45, 7) is 0. The highest BCUT2D eigenvalue weighted by atomic mass is 127. The maximum atomic E-state index is 13.3. The Morgan fingerprint density at radius 3 is 2.75 bits per heavy atom. The van der Waals surface area contributed by atoms with E-state index in [0.717, 1.165) is 8.04 Å². The Morgan fingerprint density at radius 2 is 2.05 bits per heavy atom. The lowest BCUT2D eigenvalue weighted by atomic mass is 10.2. The molecule has 3 nitrogen and oxygen atoms in total. The van der Waals surface area contributed by atoms with Crippen molar-refractivity contribution >= 4 is 50.1 Å². The minimum Gasteiger partial charge on any atom is -0.494 e. The molecule has 2 aromatic rings. The molecule has 2 rings (SSSR count). The fourth-order valence-electron chi connectivity index (χ4n) is 1.61. The Labute approximate surface area is 137 Å². The number of ether oxygens (including phenoxy) is 1. The summed E-state index contributed by atoms with van der Waals surface area (Å²) < 4.78 is 19.8. The number of anilines is 1. The van der Waals surface area contributed by atoms with Gasteiger partial charge in [-0.1, -0.05) is 15.9 Å². The number of methoxy groups -OCH3 is 1. The van der Waals surface area contributed by atoms with Crippen molar-refractivity contribution in [2.75, 3.05) is 12.4 Å². The minimum atomic E-state index is -0.470. The molecule has 0 saturated heterocycles. The number of halogens is 3. The molecule has 0 aliphatic heterocycles. The number of carbonyl (C=O) groups excluding carboxylic acids is 1. The summed E-state index contributed by atoms with van der Waals surface area (Å²) in [5.41, 5.74) is 1.02. The van der Waals surface area contributed by atoms with E-state index in [1.165, 1.54) is 25.3 Å². The van der Waals surface area contributed by atoms with Gasteiger partial charge in [-0.2, -0.15) is 0 Å². The van der Waals surface area contributed by atoms with Gasteiger partial charge in [-0.3, -0.25) is 4.79 Å². The summed E-state index contributed by atoms with van der Waals surface area (Å²) in [5, 5.41) is 2.72. The van der Waals surface area contributed by atoms with Gasteiger partial charge in [0.05, 0.1) is 12.7 Å². The molecule has 0 unspecified atom stereocenters. The van der Waals surface area contributed by atoms with Crippen molar-refractivity contribution in [3.8, 4) is 5.75 Å². The molecule has 0 aromatic heterocycles. The van der Waals surface area contributed by atoms with Crippen molar-refractivity contribution in [3.05, 3.63) is 55.8 Å². The van der Waals surface area contributed by atoms with E-state index in [0.29, 0.717) is 11.3 Å². The van der Waals surface area contributed by atoms with E-state index in [-0.39, 0.29) is 11.7 Å². The molecular weight excluding hydrogens is 440 g/mol. The van der Waals surface area contributed by atoms with Crippen molar-refractivity contribution in [1.29, 1.82) is 0 Å². The molecule has 0 fully saturated rings. The Bertz CT molecular complexity index is 664. The van der Waals surface area contributed by atoms with Gasteiger partial charge in [0.15, 0.2) is 11.6 Å². The molecule has 1 N–H and O–H groups in total. The average molecular weight is 450 g/mol. The van der Waals surface area contributed by atoms with Crippen molar-refractivity contribution in [2.45, 2.75) is 0 Å². The monoisotopic (exact) mass is 449 g/mol. The predicted molar refractivity (Wildman–Crippen MR) is 87.8 cm³/mol. The van der Waals surface area contributed by atoms with Crippen LogP contribution >= 0.6 is 38.5 Å². The third kappa shape index (κ3) is 3.49. The Morgan fingerprint density at radius 1 is 1.30 bits per heavy atom. The van der Waals surface area contributed by atoms with Gasteiger partial charge in [0.1, 0.15) is 0 Å². The average Bonchev–Trinajstić information content (AvgIpc) is 2.43. The number of amides is 1. The Kier molecular flexibility index (Phi) is 4.98. The van der Waals surface area contributed by atoms with Crippen molar-refractivity contribution in [2.24, 2.45) is 0 Å². The van der Waals surface area contributed by atoms with E-state index in [9.17, 15) is 9.18 Å². The number of nitrogens with one attached hydrogen (secondary N) is 1. The van der Waals surface area contributed by atoms with Crippen LogP contribution in [0.5, 0.6) is 5.75 Å². The lowest BCUT2D eigenvalue weighted by Crippen LogP contribution is -2.13. The summed E-state index contributed by atoms with van der Waals surface area (Å²) in [7, 11) is 1.38. The van der Waals surface area contributed by atoms with E-state index in [4.69, 9.17) is 4.74 Å². The van der Waals surface area contributed by atoms with Crippen LogP contribution in [0.25, 0.3) is 0 Å². The third-order valence-corrected chi connectivity index (χ3v) is 4.02. The molecule has 20 heavy (non-hydrogen) atoms. The van der Waals surface area contributed by atoms with Gasteiger partial charge in [0.2, 0.25) is 0 Å². The second-order valence-electron chi connectivity index (χ2n) is 3.93. The summed E-state index contributed by atoms with van der Waals surface area (Å²) in [6, 6.07) is 9.61. The zero-order chi connectivity index (χ0) is 14.7. The summed E-state index contributed by atoms with van der Waals surface area (Å²) >= 11 is 5.42. The molecule has 0 heterocycles. The first-order chi connectivity index (χ1) is 9.51. The van der Waals surface area contributed by atoms with E-state index in [1.54, 1.807) is 6.07 Å². The van der Waals surface area contributed by atoms with Crippen LogP contribution in [0.1, 0.15) is 10.4 Å². The molecule has 2 aromatic carbocycles. The van der Waals surface area contributed by atoms with Gasteiger partial charge < -0.3 is 10.1 Å². The van der Waals surface area contributed by atoms with Crippen LogP contribution in [0.2, 0.25) is 0 Å². The van der Waals surface area contributed by atoms with Crippen LogP contribution in [0, 0.1) is 9.39 Å². The topological polar surface area (TPSA) is 38.3 Å². The van der Waals surface area contributed by atoms with Crippen LogP contribution in [0.4, 0.5) is 10.1 Å². The first-order valence-electron chi connectivity index (χ1n) is 5.61. The van der Waals surface area contributed by atoms with Crippen LogP contribution in [-0.2, 0) is 0 Å². The summed E-state index contributed by atoms with van der Waals surface area (Å²) in [6.07, 6.45) is 0. The predicted octanol–water partition coefficient (Wildman–Crippen LogP) is 4.45. The quantitative estimate of drug-likeness (QED) is 0.703. The first kappa shape index (κ1) is 15.2. The highest BCUT2D eigenvalue weighted by molar-refractivity contribution is 14.1. The second kappa shape index (κ2) is 6.53. The fraction of sp³-hybridized carbons (Fsp3) is 0.0714. The van der Waals surface area contributed by atoms with Gasteiger partial charge in [-0.05, 0) is 52.9 Å². The first-order valence-corrected chi connectivity index (χ1v) is 7.48. The third-order valence-electron chi connectivity index (χ3n) is 2.58. The zero-order valence-electron chi connectivity index (χ0n) is 10.4. The lowest BCUT2D eigenvalue weighted by Gasteiger charge is -2.09. The molecule has 1 amide bonds. The fourth-order valence-corrected chi connectivity index (χ4v) is 2.55. The number of rotatable bonds is 3. The molecule has 0 spiro atoms. The molecule has 0 bridgehead atoms. The van der Waals surface area contributed by atoms with Gasteiger partial charge >= 0.3 is 0 Å². The number of benzene rings is 2. The normalized spacial score (nSPS) is 10.2.